The molecule has 0 aromatic carbocycles. The third-order valence-electron chi connectivity index (χ3n) is 3.71. The number of amides is 2. The summed E-state index contributed by atoms with van der Waals surface area (Å²) in [6.45, 7) is 9.40. The van der Waals surface area contributed by atoms with Crippen molar-refractivity contribution in [1.82, 2.24) is 10.2 Å². The molecule has 5 nitrogen and oxygen atoms in total. The van der Waals surface area contributed by atoms with E-state index in [4.69, 9.17) is 5.73 Å². The second kappa shape index (κ2) is 7.62. The first-order valence-electron chi connectivity index (χ1n) is 7.66. The number of carbonyl (C=O) groups excluding carboxylic acids is 2. The normalized spacial score (nSPS) is 18.4. The molecule has 0 aromatic heterocycles. The molecule has 1 rings (SSSR count). The van der Waals surface area contributed by atoms with Crippen molar-refractivity contribution >= 4 is 11.8 Å². The van der Waals surface area contributed by atoms with Crippen LogP contribution in [0, 0.1) is 11.8 Å². The molecule has 0 saturated carbocycles. The predicted octanol–water partition coefficient (Wildman–Crippen LogP) is 1.12. The zero-order valence-corrected chi connectivity index (χ0v) is 13.2. The van der Waals surface area contributed by atoms with Crippen LogP contribution in [0.3, 0.4) is 0 Å². The van der Waals surface area contributed by atoms with E-state index in [1.165, 1.54) is 0 Å². The van der Waals surface area contributed by atoms with E-state index in [1.54, 1.807) is 0 Å². The zero-order valence-electron chi connectivity index (χ0n) is 13.2. The molecule has 116 valence electrons. The maximum Gasteiger partial charge on any atom is 0.237 e. The molecule has 3 N–H and O–H groups in total. The summed E-state index contributed by atoms with van der Waals surface area (Å²) in [6, 6.07) is -0.276. The number of nitrogens with two attached hydrogens (primary N) is 1. The molecule has 5 heteroatoms. The topological polar surface area (TPSA) is 75.4 Å². The SMILES string of the molecule is CC(C)CC(N)C(=O)NC1CCN(C(=O)C(C)C)CC1. The van der Waals surface area contributed by atoms with Crippen LogP contribution in [0.5, 0.6) is 0 Å². The van der Waals surface area contributed by atoms with Gasteiger partial charge in [0, 0.05) is 25.0 Å². The number of nitrogens with one attached hydrogen (secondary N) is 1. The largest absolute Gasteiger partial charge is 0.352 e. The van der Waals surface area contributed by atoms with Gasteiger partial charge < -0.3 is 16.0 Å². The van der Waals surface area contributed by atoms with Gasteiger partial charge in [0.1, 0.15) is 0 Å². The monoisotopic (exact) mass is 283 g/mol. The van der Waals surface area contributed by atoms with Crippen molar-refractivity contribution in [3.63, 3.8) is 0 Å². The molecule has 0 aromatic rings. The van der Waals surface area contributed by atoms with Gasteiger partial charge in [0.15, 0.2) is 0 Å². The fourth-order valence-electron chi connectivity index (χ4n) is 2.53. The lowest BCUT2D eigenvalue weighted by atomic mass is 10.0. The van der Waals surface area contributed by atoms with Crippen LogP contribution in [0.15, 0.2) is 0 Å². The van der Waals surface area contributed by atoms with Gasteiger partial charge in [-0.3, -0.25) is 9.59 Å². The highest BCUT2D eigenvalue weighted by molar-refractivity contribution is 5.82. The van der Waals surface area contributed by atoms with Gasteiger partial charge in [-0.1, -0.05) is 27.7 Å². The lowest BCUT2D eigenvalue weighted by Crippen LogP contribution is -2.51. The summed E-state index contributed by atoms with van der Waals surface area (Å²) in [7, 11) is 0. The molecule has 1 aliphatic rings. The lowest BCUT2D eigenvalue weighted by molar-refractivity contribution is -0.135. The van der Waals surface area contributed by atoms with E-state index in [-0.39, 0.29) is 23.8 Å². The number of rotatable bonds is 5. The summed E-state index contributed by atoms with van der Waals surface area (Å²) in [5, 5.41) is 3.01. The number of nitrogens with zero attached hydrogens (tertiary/aromatic N) is 1. The number of likely N-dealkylation sites (tertiary alicyclic amines) is 1. The predicted molar refractivity (Wildman–Crippen MR) is 80.0 cm³/mol. The quantitative estimate of drug-likeness (QED) is 0.794. The van der Waals surface area contributed by atoms with E-state index in [0.29, 0.717) is 12.3 Å². The number of carbonyl (C=O) groups is 2. The van der Waals surface area contributed by atoms with Crippen molar-refractivity contribution in [1.29, 1.82) is 0 Å². The van der Waals surface area contributed by atoms with Gasteiger partial charge in [-0.2, -0.15) is 0 Å². The van der Waals surface area contributed by atoms with E-state index >= 15 is 0 Å². The molecule has 1 atom stereocenters. The van der Waals surface area contributed by atoms with Gasteiger partial charge in [0.05, 0.1) is 6.04 Å². The molecule has 2 amide bonds. The summed E-state index contributed by atoms with van der Waals surface area (Å²) in [6.07, 6.45) is 2.34. The van der Waals surface area contributed by atoms with Crippen LogP contribution in [-0.4, -0.2) is 41.9 Å². The maximum absolute atomic E-state index is 12.0. The van der Waals surface area contributed by atoms with Gasteiger partial charge in [-0.05, 0) is 25.2 Å². The van der Waals surface area contributed by atoms with Gasteiger partial charge in [0.25, 0.3) is 0 Å². The van der Waals surface area contributed by atoms with Crippen LogP contribution in [0.25, 0.3) is 0 Å². The summed E-state index contributed by atoms with van der Waals surface area (Å²) < 4.78 is 0. The third kappa shape index (κ3) is 5.12. The Balaban J connectivity index is 2.35. The minimum absolute atomic E-state index is 0.0422. The Labute approximate surface area is 122 Å². The van der Waals surface area contributed by atoms with Crippen LogP contribution < -0.4 is 11.1 Å². The first-order valence-corrected chi connectivity index (χ1v) is 7.66. The number of piperidine rings is 1. The third-order valence-corrected chi connectivity index (χ3v) is 3.71. The lowest BCUT2D eigenvalue weighted by Gasteiger charge is -2.34. The second-order valence-electron chi connectivity index (χ2n) is 6.50. The fourth-order valence-corrected chi connectivity index (χ4v) is 2.53. The highest BCUT2D eigenvalue weighted by Gasteiger charge is 2.26. The van der Waals surface area contributed by atoms with Crippen LogP contribution in [0.4, 0.5) is 0 Å². The van der Waals surface area contributed by atoms with Gasteiger partial charge in [0.2, 0.25) is 11.8 Å². The average molecular weight is 283 g/mol. The van der Waals surface area contributed by atoms with E-state index in [2.05, 4.69) is 19.2 Å². The first-order chi connectivity index (χ1) is 9.31. The molecule has 0 aliphatic carbocycles. The van der Waals surface area contributed by atoms with Crippen molar-refractivity contribution in [3.8, 4) is 0 Å². The molecule has 1 aliphatic heterocycles. The smallest absolute Gasteiger partial charge is 0.237 e. The van der Waals surface area contributed by atoms with Crippen LogP contribution in [0.1, 0.15) is 47.0 Å². The molecule has 0 radical (unpaired) electrons. The molecule has 20 heavy (non-hydrogen) atoms. The maximum atomic E-state index is 12.0. The van der Waals surface area contributed by atoms with Crippen molar-refractivity contribution < 1.29 is 9.59 Å². The van der Waals surface area contributed by atoms with Crippen LogP contribution >= 0.6 is 0 Å². The molecule has 1 unspecified atom stereocenters. The minimum Gasteiger partial charge on any atom is -0.352 e. The standard InChI is InChI=1S/C15H29N3O2/c1-10(2)9-13(16)14(19)17-12-5-7-18(8-6-12)15(20)11(3)4/h10-13H,5-9,16H2,1-4H3,(H,17,19). The zero-order chi connectivity index (χ0) is 15.3. The van der Waals surface area contributed by atoms with Crippen molar-refractivity contribution in [2.24, 2.45) is 17.6 Å². The van der Waals surface area contributed by atoms with E-state index < -0.39 is 6.04 Å². The molecule has 1 saturated heterocycles. The fraction of sp³-hybridized carbons (Fsp3) is 0.867. The molecular weight excluding hydrogens is 254 g/mol. The summed E-state index contributed by atoms with van der Waals surface area (Å²) in [4.78, 5) is 25.7. The Bertz CT molecular complexity index is 334. The summed E-state index contributed by atoms with van der Waals surface area (Å²) in [5.74, 6) is 0.598. The Hall–Kier alpha value is -1.10. The Morgan fingerprint density at radius 2 is 1.75 bits per heavy atom. The van der Waals surface area contributed by atoms with E-state index in [9.17, 15) is 9.59 Å². The first kappa shape index (κ1) is 17.0. The Kier molecular flexibility index (Phi) is 6.46. The van der Waals surface area contributed by atoms with E-state index in [0.717, 1.165) is 25.9 Å². The molecule has 0 bridgehead atoms. The van der Waals surface area contributed by atoms with Gasteiger partial charge in [-0.15, -0.1) is 0 Å². The average Bonchev–Trinajstić information content (AvgIpc) is 2.37. The highest BCUT2D eigenvalue weighted by Crippen LogP contribution is 2.13. The van der Waals surface area contributed by atoms with Crippen LogP contribution in [-0.2, 0) is 9.59 Å². The molecule has 0 spiro atoms. The highest BCUT2D eigenvalue weighted by atomic mass is 16.2. The van der Waals surface area contributed by atoms with Crippen molar-refractivity contribution in [2.75, 3.05) is 13.1 Å². The number of hydrogen-bond donors (Lipinski definition) is 2. The van der Waals surface area contributed by atoms with Crippen molar-refractivity contribution in [3.05, 3.63) is 0 Å². The van der Waals surface area contributed by atoms with Gasteiger partial charge in [-0.25, -0.2) is 0 Å². The second-order valence-corrected chi connectivity index (χ2v) is 6.50. The molecule has 1 heterocycles. The van der Waals surface area contributed by atoms with E-state index in [1.807, 2.05) is 18.7 Å². The van der Waals surface area contributed by atoms with Gasteiger partial charge >= 0.3 is 0 Å². The number of hydrogen-bond acceptors (Lipinski definition) is 3. The Morgan fingerprint density at radius 1 is 1.20 bits per heavy atom. The molecule has 1 fully saturated rings. The van der Waals surface area contributed by atoms with Crippen LogP contribution in [0.2, 0.25) is 0 Å². The van der Waals surface area contributed by atoms with Crippen molar-refractivity contribution in [2.45, 2.75) is 59.0 Å². The molecular formula is C15H29N3O2. The summed E-state index contributed by atoms with van der Waals surface area (Å²) in [5.41, 5.74) is 5.87. The minimum atomic E-state index is -0.426. The summed E-state index contributed by atoms with van der Waals surface area (Å²) >= 11 is 0. The Morgan fingerprint density at radius 3 is 2.20 bits per heavy atom.